The van der Waals surface area contributed by atoms with E-state index in [0.717, 1.165) is 5.56 Å². The number of oxazole rings is 1. The molecule has 2 heterocycles. The van der Waals surface area contributed by atoms with Gasteiger partial charge in [0.25, 0.3) is 5.56 Å². The van der Waals surface area contributed by atoms with Crippen molar-refractivity contribution in [3.63, 3.8) is 0 Å². The molecular weight excluding hydrogens is 410 g/mol. The Balaban J connectivity index is 1.63. The van der Waals surface area contributed by atoms with Crippen LogP contribution >= 0.6 is 23.4 Å². The summed E-state index contributed by atoms with van der Waals surface area (Å²) in [6.45, 7) is 0.815. The van der Waals surface area contributed by atoms with E-state index in [4.69, 9.17) is 20.8 Å². The van der Waals surface area contributed by atoms with Gasteiger partial charge in [-0.15, -0.1) is 0 Å². The first-order chi connectivity index (χ1) is 14.2. The van der Waals surface area contributed by atoms with Crippen LogP contribution in [0.3, 0.4) is 0 Å². The van der Waals surface area contributed by atoms with Gasteiger partial charge < -0.3 is 9.15 Å². The third-order valence-corrected chi connectivity index (χ3v) is 5.53. The monoisotopic (exact) mass is 427 g/mol. The van der Waals surface area contributed by atoms with Gasteiger partial charge >= 0.3 is 0 Å². The summed E-state index contributed by atoms with van der Waals surface area (Å²) in [6, 6.07) is 14.9. The molecule has 6 nitrogen and oxygen atoms in total. The van der Waals surface area contributed by atoms with Gasteiger partial charge in [0.2, 0.25) is 5.89 Å². The van der Waals surface area contributed by atoms with Crippen LogP contribution < -0.4 is 5.56 Å². The first-order valence-corrected chi connectivity index (χ1v) is 10.3. The zero-order valence-electron chi connectivity index (χ0n) is 15.7. The van der Waals surface area contributed by atoms with Crippen molar-refractivity contribution < 1.29 is 9.15 Å². The summed E-state index contributed by atoms with van der Waals surface area (Å²) in [7, 11) is 1.60. The predicted molar refractivity (Wildman–Crippen MR) is 114 cm³/mol. The Morgan fingerprint density at radius 3 is 2.83 bits per heavy atom. The molecule has 4 rings (SSSR count). The van der Waals surface area contributed by atoms with Crippen molar-refractivity contribution in [3.05, 3.63) is 76.0 Å². The van der Waals surface area contributed by atoms with Crippen LogP contribution in [0.2, 0.25) is 5.02 Å². The van der Waals surface area contributed by atoms with Crippen molar-refractivity contribution in [2.45, 2.75) is 17.5 Å². The summed E-state index contributed by atoms with van der Waals surface area (Å²) in [5, 5.41) is 1.63. The summed E-state index contributed by atoms with van der Waals surface area (Å²) in [5.74, 6) is 1.71. The van der Waals surface area contributed by atoms with E-state index in [1.165, 1.54) is 11.8 Å². The fraction of sp³-hybridized carbons (Fsp3) is 0.190. The zero-order valence-corrected chi connectivity index (χ0v) is 17.2. The SMILES string of the molecule is COCCn1c(SCc2ncc(-c3ccccc3)o2)nc2cc(Cl)ccc2c1=O. The number of methoxy groups -OCH3 is 1. The van der Waals surface area contributed by atoms with Gasteiger partial charge in [-0.2, -0.15) is 0 Å². The molecule has 0 radical (unpaired) electrons. The Morgan fingerprint density at radius 1 is 1.21 bits per heavy atom. The lowest BCUT2D eigenvalue weighted by Crippen LogP contribution is -2.25. The lowest BCUT2D eigenvalue weighted by molar-refractivity contribution is 0.183. The van der Waals surface area contributed by atoms with Crippen molar-refractivity contribution in [1.82, 2.24) is 14.5 Å². The van der Waals surface area contributed by atoms with Gasteiger partial charge in [0.15, 0.2) is 10.9 Å². The normalized spacial score (nSPS) is 11.2. The van der Waals surface area contributed by atoms with Crippen LogP contribution in [-0.4, -0.2) is 28.3 Å². The molecule has 2 aromatic heterocycles. The van der Waals surface area contributed by atoms with E-state index in [-0.39, 0.29) is 5.56 Å². The van der Waals surface area contributed by atoms with E-state index in [9.17, 15) is 4.79 Å². The number of ether oxygens (including phenoxy) is 1. The van der Waals surface area contributed by atoms with Crippen molar-refractivity contribution >= 4 is 34.3 Å². The van der Waals surface area contributed by atoms with E-state index >= 15 is 0 Å². The maximum atomic E-state index is 12.9. The molecule has 0 atom stereocenters. The van der Waals surface area contributed by atoms with Gasteiger partial charge in [-0.3, -0.25) is 9.36 Å². The molecule has 29 heavy (non-hydrogen) atoms. The molecule has 0 fully saturated rings. The van der Waals surface area contributed by atoms with E-state index in [1.54, 1.807) is 36.1 Å². The highest BCUT2D eigenvalue weighted by molar-refractivity contribution is 7.98. The topological polar surface area (TPSA) is 70.2 Å². The molecule has 0 aliphatic rings. The summed E-state index contributed by atoms with van der Waals surface area (Å²) < 4.78 is 12.6. The molecule has 8 heteroatoms. The molecule has 0 N–H and O–H groups in total. The van der Waals surface area contributed by atoms with E-state index < -0.39 is 0 Å². The Bertz CT molecular complexity index is 1190. The highest BCUT2D eigenvalue weighted by Gasteiger charge is 2.14. The molecule has 0 saturated heterocycles. The Kier molecular flexibility index (Phi) is 5.99. The largest absolute Gasteiger partial charge is 0.440 e. The van der Waals surface area contributed by atoms with Gasteiger partial charge in [-0.1, -0.05) is 53.7 Å². The number of nitrogens with zero attached hydrogens (tertiary/aromatic N) is 3. The number of fused-ring (bicyclic) bond motifs is 1. The maximum absolute atomic E-state index is 12.9. The molecule has 0 unspecified atom stereocenters. The molecule has 0 spiro atoms. The standard InChI is InChI=1S/C21H18ClN3O3S/c1-27-10-9-25-20(26)16-8-7-15(22)11-17(16)24-21(25)29-13-19-23-12-18(28-19)14-5-3-2-4-6-14/h2-8,11-12H,9-10,13H2,1H3. The fourth-order valence-corrected chi connectivity index (χ4v) is 3.95. The third-order valence-electron chi connectivity index (χ3n) is 4.34. The van der Waals surface area contributed by atoms with Gasteiger partial charge in [-0.05, 0) is 18.2 Å². The van der Waals surface area contributed by atoms with Crippen LogP contribution in [0.5, 0.6) is 0 Å². The predicted octanol–water partition coefficient (Wildman–Crippen LogP) is 4.64. The van der Waals surface area contributed by atoms with E-state index in [1.807, 2.05) is 30.3 Å². The molecule has 2 aromatic carbocycles. The number of benzene rings is 2. The van der Waals surface area contributed by atoms with Crippen molar-refractivity contribution in [3.8, 4) is 11.3 Å². The lowest BCUT2D eigenvalue weighted by Gasteiger charge is -2.12. The highest BCUT2D eigenvalue weighted by atomic mass is 35.5. The fourth-order valence-electron chi connectivity index (χ4n) is 2.90. The second-order valence-electron chi connectivity index (χ2n) is 6.28. The van der Waals surface area contributed by atoms with Crippen LogP contribution in [-0.2, 0) is 17.0 Å². The summed E-state index contributed by atoms with van der Waals surface area (Å²) in [6.07, 6.45) is 1.71. The third kappa shape index (κ3) is 4.37. The number of aromatic nitrogens is 3. The van der Waals surface area contributed by atoms with E-state index in [0.29, 0.717) is 51.6 Å². The second-order valence-corrected chi connectivity index (χ2v) is 7.66. The molecule has 0 aliphatic carbocycles. The van der Waals surface area contributed by atoms with Crippen LogP contribution in [0.4, 0.5) is 0 Å². The van der Waals surface area contributed by atoms with Gasteiger partial charge in [-0.25, -0.2) is 9.97 Å². The molecule has 0 bridgehead atoms. The minimum Gasteiger partial charge on any atom is -0.440 e. The van der Waals surface area contributed by atoms with E-state index in [2.05, 4.69) is 9.97 Å². The minimum atomic E-state index is -0.122. The molecule has 4 aromatic rings. The summed E-state index contributed by atoms with van der Waals surface area (Å²) >= 11 is 7.47. The smallest absolute Gasteiger partial charge is 0.262 e. The van der Waals surface area contributed by atoms with Crippen LogP contribution in [0.25, 0.3) is 22.2 Å². The molecule has 148 valence electrons. The van der Waals surface area contributed by atoms with Gasteiger partial charge in [0.1, 0.15) is 0 Å². The average Bonchev–Trinajstić information content (AvgIpc) is 3.21. The average molecular weight is 428 g/mol. The lowest BCUT2D eigenvalue weighted by atomic mass is 10.2. The van der Waals surface area contributed by atoms with Gasteiger partial charge in [0, 0.05) is 17.7 Å². The number of hydrogen-bond donors (Lipinski definition) is 0. The molecule has 0 aliphatic heterocycles. The molecule has 0 saturated carbocycles. The number of hydrogen-bond acceptors (Lipinski definition) is 6. The molecule has 0 amide bonds. The Morgan fingerprint density at radius 2 is 2.03 bits per heavy atom. The summed E-state index contributed by atoms with van der Waals surface area (Å²) in [4.78, 5) is 21.9. The van der Waals surface area contributed by atoms with Crippen molar-refractivity contribution in [2.24, 2.45) is 0 Å². The quantitative estimate of drug-likeness (QED) is 0.316. The van der Waals surface area contributed by atoms with Crippen molar-refractivity contribution in [1.29, 1.82) is 0 Å². The first-order valence-electron chi connectivity index (χ1n) is 8.97. The Labute approximate surface area is 176 Å². The first kappa shape index (κ1) is 19.7. The van der Waals surface area contributed by atoms with Gasteiger partial charge in [0.05, 0.1) is 36.0 Å². The van der Waals surface area contributed by atoms with Crippen LogP contribution in [0, 0.1) is 0 Å². The molecular formula is C21H18ClN3O3S. The number of thioether (sulfide) groups is 1. The van der Waals surface area contributed by atoms with Crippen LogP contribution in [0.15, 0.2) is 69.1 Å². The Hall–Kier alpha value is -2.61. The minimum absolute atomic E-state index is 0.122. The number of rotatable bonds is 7. The maximum Gasteiger partial charge on any atom is 0.262 e. The summed E-state index contributed by atoms with van der Waals surface area (Å²) in [5.41, 5.74) is 1.41. The number of halogens is 1. The zero-order chi connectivity index (χ0) is 20.2. The second kappa shape index (κ2) is 8.82. The van der Waals surface area contributed by atoms with Crippen molar-refractivity contribution in [2.75, 3.05) is 13.7 Å². The highest BCUT2D eigenvalue weighted by Crippen LogP contribution is 2.26. The van der Waals surface area contributed by atoms with Crippen LogP contribution in [0.1, 0.15) is 5.89 Å².